The number of aliphatic imine (C=N–C) groups is 1. The normalized spacial score (nSPS) is 17.8. The van der Waals surface area contributed by atoms with Crippen LogP contribution in [-0.2, 0) is 0 Å². The number of rotatable bonds is 7. The molecule has 0 radical (unpaired) electrons. The minimum absolute atomic E-state index is 0. The highest BCUT2D eigenvalue weighted by atomic mass is 127. The smallest absolute Gasteiger partial charge is 0.261 e. The summed E-state index contributed by atoms with van der Waals surface area (Å²) in [7, 11) is 0. The molecule has 2 N–H and O–H groups in total. The van der Waals surface area contributed by atoms with E-state index in [1.54, 1.807) is 0 Å². The van der Waals surface area contributed by atoms with E-state index >= 15 is 0 Å². The van der Waals surface area contributed by atoms with Crippen molar-refractivity contribution in [3.05, 3.63) is 22.4 Å². The van der Waals surface area contributed by atoms with Crippen molar-refractivity contribution in [1.82, 2.24) is 15.5 Å². The van der Waals surface area contributed by atoms with E-state index in [1.807, 2.05) is 17.5 Å². The average Bonchev–Trinajstić information content (AvgIpc) is 3.15. The molecule has 2 rings (SSSR count). The Bertz CT molecular complexity index is 551. The number of halogens is 1. The number of hydrogen-bond acceptors (Lipinski definition) is 4. The first-order valence-corrected chi connectivity index (χ1v) is 11.0. The molecular formula is C18H31IN4OS2. The lowest BCUT2D eigenvalue weighted by Crippen LogP contribution is -2.49. The van der Waals surface area contributed by atoms with E-state index in [-0.39, 0.29) is 29.9 Å². The summed E-state index contributed by atoms with van der Waals surface area (Å²) in [5.74, 6) is 2.87. The van der Waals surface area contributed by atoms with Crippen molar-refractivity contribution in [3.8, 4) is 0 Å². The van der Waals surface area contributed by atoms with Crippen LogP contribution < -0.4 is 10.6 Å². The molecular weight excluding hydrogens is 479 g/mol. The molecule has 1 saturated heterocycles. The number of nitrogens with zero attached hydrogens (tertiary/aromatic N) is 2. The van der Waals surface area contributed by atoms with Crippen LogP contribution in [0.25, 0.3) is 0 Å². The molecule has 1 unspecified atom stereocenters. The van der Waals surface area contributed by atoms with Crippen molar-refractivity contribution in [2.45, 2.75) is 32.4 Å². The van der Waals surface area contributed by atoms with Gasteiger partial charge in [0, 0.05) is 43.7 Å². The van der Waals surface area contributed by atoms with Gasteiger partial charge < -0.3 is 15.5 Å². The van der Waals surface area contributed by atoms with Crippen molar-refractivity contribution in [2.75, 3.05) is 38.5 Å². The van der Waals surface area contributed by atoms with E-state index < -0.39 is 0 Å². The number of thiophene rings is 1. The topological polar surface area (TPSA) is 56.7 Å². The van der Waals surface area contributed by atoms with E-state index in [0.29, 0.717) is 17.7 Å². The molecule has 1 fully saturated rings. The lowest BCUT2D eigenvalue weighted by atomic mass is 10.1. The van der Waals surface area contributed by atoms with Gasteiger partial charge >= 0.3 is 0 Å². The third kappa shape index (κ3) is 7.64. The Morgan fingerprint density at radius 3 is 2.88 bits per heavy atom. The number of hydrogen-bond donors (Lipinski definition) is 2. The summed E-state index contributed by atoms with van der Waals surface area (Å²) in [5, 5.41) is 8.96. The molecule has 148 valence electrons. The number of nitrogens with one attached hydrogen (secondary N) is 2. The number of carbonyl (C=O) groups excluding carboxylic acids is 1. The zero-order chi connectivity index (χ0) is 18.1. The first-order valence-electron chi connectivity index (χ1n) is 9.08. The lowest BCUT2D eigenvalue weighted by Gasteiger charge is -2.36. The number of amides is 1. The molecule has 1 atom stereocenters. The van der Waals surface area contributed by atoms with Crippen LogP contribution in [0.15, 0.2) is 22.5 Å². The van der Waals surface area contributed by atoms with Gasteiger partial charge in [-0.15, -0.1) is 35.3 Å². The van der Waals surface area contributed by atoms with Crippen molar-refractivity contribution < 1.29 is 4.79 Å². The van der Waals surface area contributed by atoms with Gasteiger partial charge in [-0.1, -0.05) is 19.9 Å². The Morgan fingerprint density at radius 1 is 1.42 bits per heavy atom. The van der Waals surface area contributed by atoms with Gasteiger partial charge in [0.25, 0.3) is 5.91 Å². The van der Waals surface area contributed by atoms with Crippen molar-refractivity contribution in [1.29, 1.82) is 0 Å². The quantitative estimate of drug-likeness (QED) is 0.255. The summed E-state index contributed by atoms with van der Waals surface area (Å²) in [5.41, 5.74) is 0. The van der Waals surface area contributed by atoms with Crippen LogP contribution in [0.5, 0.6) is 0 Å². The standard InChI is InChI=1S/C18H30N4OS2.HI/c1-4-19-18(22-10-12-25-16(13-22)14(2)3)21-9-6-8-20-17(23)15-7-5-11-24-15;/h5,7,11,14,16H,4,6,8-10,12-13H2,1-3H3,(H,19,21)(H,20,23);1H. The number of guanidine groups is 1. The fraction of sp³-hybridized carbons (Fsp3) is 0.667. The molecule has 0 aromatic carbocycles. The van der Waals surface area contributed by atoms with Crippen LogP contribution in [0.1, 0.15) is 36.9 Å². The number of carbonyl (C=O) groups is 1. The summed E-state index contributed by atoms with van der Waals surface area (Å²) in [6, 6.07) is 3.74. The maximum absolute atomic E-state index is 11.9. The molecule has 2 heterocycles. The van der Waals surface area contributed by atoms with Gasteiger partial charge in [0.15, 0.2) is 5.96 Å². The first-order chi connectivity index (χ1) is 12.1. The third-order valence-electron chi connectivity index (χ3n) is 4.10. The minimum atomic E-state index is 0. The molecule has 0 spiro atoms. The Hall–Kier alpha value is -0.480. The fourth-order valence-electron chi connectivity index (χ4n) is 2.66. The predicted molar refractivity (Wildman–Crippen MR) is 125 cm³/mol. The number of thioether (sulfide) groups is 1. The van der Waals surface area contributed by atoms with Crippen LogP contribution in [-0.4, -0.2) is 60.5 Å². The lowest BCUT2D eigenvalue weighted by molar-refractivity contribution is 0.0957. The summed E-state index contributed by atoms with van der Waals surface area (Å²) < 4.78 is 0. The second kappa shape index (κ2) is 12.8. The van der Waals surface area contributed by atoms with E-state index in [9.17, 15) is 4.79 Å². The Morgan fingerprint density at radius 2 is 2.23 bits per heavy atom. The van der Waals surface area contributed by atoms with Crippen LogP contribution in [0, 0.1) is 5.92 Å². The van der Waals surface area contributed by atoms with Crippen molar-refractivity contribution in [2.24, 2.45) is 10.9 Å². The van der Waals surface area contributed by atoms with Gasteiger partial charge in [-0.2, -0.15) is 11.8 Å². The first kappa shape index (κ1) is 23.6. The summed E-state index contributed by atoms with van der Waals surface area (Å²) in [6.45, 7) is 11.1. The van der Waals surface area contributed by atoms with E-state index in [2.05, 4.69) is 48.1 Å². The van der Waals surface area contributed by atoms with Crippen LogP contribution in [0.4, 0.5) is 0 Å². The molecule has 1 aromatic heterocycles. The van der Waals surface area contributed by atoms with Crippen molar-refractivity contribution in [3.63, 3.8) is 0 Å². The Labute approximate surface area is 182 Å². The summed E-state index contributed by atoms with van der Waals surface area (Å²) >= 11 is 3.54. The maximum Gasteiger partial charge on any atom is 0.261 e. The monoisotopic (exact) mass is 510 g/mol. The highest BCUT2D eigenvalue weighted by Gasteiger charge is 2.24. The molecule has 26 heavy (non-hydrogen) atoms. The van der Waals surface area contributed by atoms with E-state index in [1.165, 1.54) is 11.3 Å². The summed E-state index contributed by atoms with van der Waals surface area (Å²) in [4.78, 5) is 19.8. The van der Waals surface area contributed by atoms with Gasteiger partial charge in [-0.05, 0) is 30.7 Å². The second-order valence-electron chi connectivity index (χ2n) is 6.42. The largest absolute Gasteiger partial charge is 0.357 e. The highest BCUT2D eigenvalue weighted by molar-refractivity contribution is 14.0. The average molecular weight is 511 g/mol. The van der Waals surface area contributed by atoms with Crippen LogP contribution >= 0.6 is 47.1 Å². The molecule has 5 nitrogen and oxygen atoms in total. The van der Waals surface area contributed by atoms with E-state index in [0.717, 1.165) is 49.2 Å². The Kier molecular flexibility index (Phi) is 11.6. The molecule has 1 amide bonds. The molecule has 0 saturated carbocycles. The minimum Gasteiger partial charge on any atom is -0.357 e. The van der Waals surface area contributed by atoms with E-state index in [4.69, 9.17) is 4.99 Å². The molecule has 8 heteroatoms. The maximum atomic E-state index is 11.9. The highest BCUT2D eigenvalue weighted by Crippen LogP contribution is 2.24. The SMILES string of the molecule is CCNC(=NCCCNC(=O)c1cccs1)N1CCSC(C(C)C)C1.I. The molecule has 1 aliphatic rings. The fourth-order valence-corrected chi connectivity index (χ4v) is 4.60. The predicted octanol–water partition coefficient (Wildman–Crippen LogP) is 3.52. The van der Waals surface area contributed by atoms with Gasteiger partial charge in [-0.3, -0.25) is 9.79 Å². The zero-order valence-electron chi connectivity index (χ0n) is 15.9. The second-order valence-corrected chi connectivity index (χ2v) is 8.72. The van der Waals surface area contributed by atoms with Crippen LogP contribution in [0.3, 0.4) is 0 Å². The third-order valence-corrected chi connectivity index (χ3v) is 6.51. The zero-order valence-corrected chi connectivity index (χ0v) is 19.8. The molecule has 1 aromatic rings. The van der Waals surface area contributed by atoms with Crippen molar-refractivity contribution >= 4 is 58.9 Å². The molecule has 0 bridgehead atoms. The van der Waals surface area contributed by atoms with Crippen LogP contribution in [0.2, 0.25) is 0 Å². The summed E-state index contributed by atoms with van der Waals surface area (Å²) in [6.07, 6.45) is 0.849. The van der Waals surface area contributed by atoms with Gasteiger partial charge in [0.2, 0.25) is 0 Å². The molecule has 1 aliphatic heterocycles. The molecule has 0 aliphatic carbocycles. The van der Waals surface area contributed by atoms with Gasteiger partial charge in [-0.25, -0.2) is 0 Å². The Balaban J connectivity index is 0.00000338. The van der Waals surface area contributed by atoms with Gasteiger partial charge in [0.1, 0.15) is 0 Å². The van der Waals surface area contributed by atoms with Gasteiger partial charge in [0.05, 0.1) is 4.88 Å².